The summed E-state index contributed by atoms with van der Waals surface area (Å²) in [6.07, 6.45) is 3.43. The number of para-hydroxylation sites is 1. The van der Waals surface area contributed by atoms with Crippen LogP contribution >= 0.6 is 0 Å². The quantitative estimate of drug-likeness (QED) is 0.919. The van der Waals surface area contributed by atoms with E-state index in [0.29, 0.717) is 17.2 Å². The van der Waals surface area contributed by atoms with Crippen LogP contribution < -0.4 is 9.47 Å². The van der Waals surface area contributed by atoms with Crippen LogP contribution in [0, 0.1) is 0 Å². The fourth-order valence-corrected chi connectivity index (χ4v) is 2.48. The first-order valence-electron chi connectivity index (χ1n) is 7.21. The zero-order valence-electron chi connectivity index (χ0n) is 12.6. The molecule has 6 heteroatoms. The Kier molecular flexibility index (Phi) is 3.75. The third kappa shape index (κ3) is 2.52. The van der Waals surface area contributed by atoms with E-state index in [2.05, 4.69) is 5.10 Å². The predicted octanol–water partition coefficient (Wildman–Crippen LogP) is 2.73. The van der Waals surface area contributed by atoms with E-state index >= 15 is 0 Å². The summed E-state index contributed by atoms with van der Waals surface area (Å²) in [5, 5.41) is 13.1. The SMILES string of the molecule is COc1cccc(-c2cc(C(=O)O)nn2C)c1OC1CCC1. The Morgan fingerprint density at radius 3 is 2.73 bits per heavy atom. The predicted molar refractivity (Wildman–Crippen MR) is 80.4 cm³/mol. The van der Waals surface area contributed by atoms with Crippen LogP contribution in [0.2, 0.25) is 0 Å². The van der Waals surface area contributed by atoms with Gasteiger partial charge in [0, 0.05) is 12.6 Å². The Morgan fingerprint density at radius 2 is 2.18 bits per heavy atom. The molecule has 1 fully saturated rings. The molecule has 0 amide bonds. The molecule has 3 rings (SSSR count). The molecule has 0 radical (unpaired) electrons. The summed E-state index contributed by atoms with van der Waals surface area (Å²) in [4.78, 5) is 11.1. The lowest BCUT2D eigenvalue weighted by Crippen LogP contribution is -2.25. The van der Waals surface area contributed by atoms with Gasteiger partial charge >= 0.3 is 5.97 Å². The number of carboxylic acid groups (broad SMARTS) is 1. The molecule has 2 aromatic rings. The van der Waals surface area contributed by atoms with Crippen molar-refractivity contribution in [3.05, 3.63) is 30.0 Å². The minimum atomic E-state index is -1.05. The van der Waals surface area contributed by atoms with E-state index in [1.54, 1.807) is 24.9 Å². The summed E-state index contributed by atoms with van der Waals surface area (Å²) in [6, 6.07) is 7.13. The molecule has 1 N–H and O–H groups in total. The summed E-state index contributed by atoms with van der Waals surface area (Å²) in [5.41, 5.74) is 1.48. The summed E-state index contributed by atoms with van der Waals surface area (Å²) in [7, 11) is 3.31. The van der Waals surface area contributed by atoms with Crippen molar-refractivity contribution in [1.29, 1.82) is 0 Å². The summed E-state index contributed by atoms with van der Waals surface area (Å²) >= 11 is 0. The van der Waals surface area contributed by atoms with Crippen LogP contribution in [0.3, 0.4) is 0 Å². The molecule has 0 spiro atoms. The molecule has 1 aliphatic carbocycles. The Bertz CT molecular complexity index is 704. The number of aromatic carboxylic acids is 1. The van der Waals surface area contributed by atoms with Crippen molar-refractivity contribution in [3.63, 3.8) is 0 Å². The van der Waals surface area contributed by atoms with Gasteiger partial charge in [-0.25, -0.2) is 4.79 Å². The highest BCUT2D eigenvalue weighted by Crippen LogP contribution is 2.40. The molecular weight excluding hydrogens is 284 g/mol. The number of carbonyl (C=O) groups is 1. The zero-order valence-corrected chi connectivity index (χ0v) is 12.6. The van der Waals surface area contributed by atoms with Crippen molar-refractivity contribution in [2.45, 2.75) is 25.4 Å². The molecule has 0 aliphatic heterocycles. The van der Waals surface area contributed by atoms with Gasteiger partial charge in [-0.15, -0.1) is 0 Å². The molecule has 0 atom stereocenters. The van der Waals surface area contributed by atoms with Gasteiger partial charge in [-0.3, -0.25) is 4.68 Å². The second-order valence-electron chi connectivity index (χ2n) is 5.35. The van der Waals surface area contributed by atoms with Gasteiger partial charge in [0.2, 0.25) is 0 Å². The largest absolute Gasteiger partial charge is 0.493 e. The van der Waals surface area contributed by atoms with E-state index in [4.69, 9.17) is 14.6 Å². The lowest BCUT2D eigenvalue weighted by Gasteiger charge is -2.28. The Morgan fingerprint density at radius 1 is 1.41 bits per heavy atom. The number of benzene rings is 1. The Hall–Kier alpha value is -2.50. The molecule has 1 heterocycles. The van der Waals surface area contributed by atoms with Crippen molar-refractivity contribution in [3.8, 4) is 22.8 Å². The number of hydrogen-bond donors (Lipinski definition) is 1. The maximum Gasteiger partial charge on any atom is 0.356 e. The molecule has 6 nitrogen and oxygen atoms in total. The average Bonchev–Trinajstić information content (AvgIpc) is 2.84. The molecule has 1 saturated carbocycles. The van der Waals surface area contributed by atoms with Crippen molar-refractivity contribution in [1.82, 2.24) is 9.78 Å². The molecule has 0 unspecified atom stereocenters. The van der Waals surface area contributed by atoms with Crippen LogP contribution in [0.5, 0.6) is 11.5 Å². The van der Waals surface area contributed by atoms with E-state index < -0.39 is 5.97 Å². The number of aryl methyl sites for hydroxylation is 1. The number of aromatic nitrogens is 2. The number of ether oxygens (including phenoxy) is 2. The second-order valence-corrected chi connectivity index (χ2v) is 5.35. The smallest absolute Gasteiger partial charge is 0.356 e. The number of methoxy groups -OCH3 is 1. The van der Waals surface area contributed by atoms with E-state index in [9.17, 15) is 4.79 Å². The van der Waals surface area contributed by atoms with Crippen molar-refractivity contribution >= 4 is 5.97 Å². The maximum atomic E-state index is 11.1. The highest BCUT2D eigenvalue weighted by molar-refractivity contribution is 5.87. The molecule has 22 heavy (non-hydrogen) atoms. The highest BCUT2D eigenvalue weighted by atomic mass is 16.5. The van der Waals surface area contributed by atoms with E-state index in [1.165, 1.54) is 6.42 Å². The fraction of sp³-hybridized carbons (Fsp3) is 0.375. The van der Waals surface area contributed by atoms with Crippen molar-refractivity contribution in [2.75, 3.05) is 7.11 Å². The molecule has 1 aromatic carbocycles. The first kappa shape index (κ1) is 14.4. The lowest BCUT2D eigenvalue weighted by atomic mass is 9.96. The maximum absolute atomic E-state index is 11.1. The normalized spacial score (nSPS) is 14.5. The number of nitrogens with zero attached hydrogens (tertiary/aromatic N) is 2. The van der Waals surface area contributed by atoms with Gasteiger partial charge in [0.25, 0.3) is 0 Å². The topological polar surface area (TPSA) is 73.6 Å². The van der Waals surface area contributed by atoms with Gasteiger partial charge in [0.05, 0.1) is 18.9 Å². The first-order chi connectivity index (χ1) is 10.6. The third-order valence-corrected chi connectivity index (χ3v) is 3.91. The molecule has 1 aromatic heterocycles. The molecule has 0 bridgehead atoms. The van der Waals surface area contributed by atoms with Crippen LogP contribution in [-0.2, 0) is 7.05 Å². The number of rotatable bonds is 5. The van der Waals surface area contributed by atoms with E-state index in [-0.39, 0.29) is 11.8 Å². The van der Waals surface area contributed by atoms with Crippen LogP contribution in [-0.4, -0.2) is 34.1 Å². The number of hydrogen-bond acceptors (Lipinski definition) is 4. The van der Waals surface area contributed by atoms with Crippen molar-refractivity contribution < 1.29 is 19.4 Å². The van der Waals surface area contributed by atoms with Crippen molar-refractivity contribution in [2.24, 2.45) is 7.05 Å². The number of carboxylic acids is 1. The van der Waals surface area contributed by atoms with Gasteiger partial charge in [-0.1, -0.05) is 6.07 Å². The van der Waals surface area contributed by atoms with Crippen LogP contribution in [0.15, 0.2) is 24.3 Å². The minimum absolute atomic E-state index is 0.00918. The zero-order chi connectivity index (χ0) is 15.7. The molecule has 116 valence electrons. The van der Waals surface area contributed by atoms with Gasteiger partial charge in [0.15, 0.2) is 17.2 Å². The third-order valence-electron chi connectivity index (χ3n) is 3.91. The van der Waals surface area contributed by atoms with Crippen LogP contribution in [0.4, 0.5) is 0 Å². The van der Waals surface area contributed by atoms with Gasteiger partial charge in [0.1, 0.15) is 0 Å². The lowest BCUT2D eigenvalue weighted by molar-refractivity contribution is 0.0689. The van der Waals surface area contributed by atoms with Gasteiger partial charge in [-0.05, 0) is 37.5 Å². The van der Waals surface area contributed by atoms with E-state index in [0.717, 1.165) is 18.4 Å². The second kappa shape index (κ2) is 5.71. The monoisotopic (exact) mass is 302 g/mol. The first-order valence-corrected chi connectivity index (χ1v) is 7.21. The van der Waals surface area contributed by atoms with Gasteiger partial charge in [-0.2, -0.15) is 5.10 Å². The molecule has 1 aliphatic rings. The Balaban J connectivity index is 2.07. The van der Waals surface area contributed by atoms with Gasteiger partial charge < -0.3 is 14.6 Å². The fourth-order valence-electron chi connectivity index (χ4n) is 2.48. The standard InChI is InChI=1S/C16H18N2O4/c1-18-13(9-12(17-18)16(19)20)11-7-4-8-14(21-2)15(11)22-10-5-3-6-10/h4,7-10H,3,5-6H2,1-2H3,(H,19,20). The van der Waals surface area contributed by atoms with E-state index in [1.807, 2.05) is 18.2 Å². The summed E-state index contributed by atoms with van der Waals surface area (Å²) < 4.78 is 13.0. The summed E-state index contributed by atoms with van der Waals surface area (Å²) in [5.74, 6) is 0.239. The summed E-state index contributed by atoms with van der Waals surface area (Å²) in [6.45, 7) is 0. The molecule has 0 saturated heterocycles. The van der Waals surface area contributed by atoms with Crippen LogP contribution in [0.25, 0.3) is 11.3 Å². The molecular formula is C16H18N2O4. The minimum Gasteiger partial charge on any atom is -0.493 e. The Labute approximate surface area is 128 Å². The average molecular weight is 302 g/mol. The van der Waals surface area contributed by atoms with Crippen LogP contribution in [0.1, 0.15) is 29.8 Å². The highest BCUT2D eigenvalue weighted by Gasteiger charge is 2.24.